The molecule has 3 heterocycles. The van der Waals surface area contributed by atoms with Crippen LogP contribution in [0.2, 0.25) is 0 Å². The molecule has 0 spiro atoms. The highest BCUT2D eigenvalue weighted by Gasteiger charge is 2.39. The quantitative estimate of drug-likeness (QED) is 0.183. The van der Waals surface area contributed by atoms with Crippen LogP contribution in [0.25, 0.3) is 11.3 Å². The van der Waals surface area contributed by atoms with Crippen LogP contribution in [0, 0.1) is 18.8 Å². The van der Waals surface area contributed by atoms with E-state index in [1.165, 1.54) is 23.2 Å². The maximum atomic E-state index is 13.1. The van der Waals surface area contributed by atoms with Crippen molar-refractivity contribution in [3.05, 3.63) is 65.6 Å². The third-order valence-electron chi connectivity index (χ3n) is 8.11. The molecule has 3 aromatic rings. The lowest BCUT2D eigenvalue weighted by Crippen LogP contribution is -2.37. The second-order valence-electron chi connectivity index (χ2n) is 11.8. The predicted octanol–water partition coefficient (Wildman–Crippen LogP) is 5.67. The molecule has 3 aromatic heterocycles. The number of rotatable bonds is 12. The molecule has 0 aliphatic heterocycles. The molecule has 2 N–H and O–H groups in total. The summed E-state index contributed by atoms with van der Waals surface area (Å²) in [6, 6.07) is 9.73. The van der Waals surface area contributed by atoms with Crippen LogP contribution in [0.1, 0.15) is 62.3 Å². The van der Waals surface area contributed by atoms with Crippen LogP contribution >= 0.6 is 0 Å². The van der Waals surface area contributed by atoms with Crippen LogP contribution in [-0.4, -0.2) is 70.5 Å². The standard InChI is InChI=1S/C33H39F2N5O7/c1-20-15-25(38-28(16-20)39-27-17-22(30(34)35)11-13-36-27)23-7-10-26(37-18-23)33(2,44)24-8-5-21(6-9-24)31(42)46-19-47-32(43)45-14-12-29(41)40(3)4/h7,10-11,13,15-18,21,24,30,44H,5-6,8-9,12,14,19H2,1-4H3,(H,36,38,39)/t21?,24?,33-/m1/s1. The first-order valence-electron chi connectivity index (χ1n) is 15.2. The van der Waals surface area contributed by atoms with Gasteiger partial charge in [0.15, 0.2) is 0 Å². The first-order chi connectivity index (χ1) is 22.3. The van der Waals surface area contributed by atoms with Gasteiger partial charge in [0.1, 0.15) is 23.8 Å². The molecule has 0 bridgehead atoms. The number of esters is 1. The van der Waals surface area contributed by atoms with Crippen LogP contribution in [0.3, 0.4) is 0 Å². The molecule has 1 aliphatic rings. The molecule has 0 aromatic carbocycles. The number of carbonyl (C=O) groups is 3. The van der Waals surface area contributed by atoms with E-state index < -0.39 is 36.9 Å². The maximum absolute atomic E-state index is 13.1. The predicted molar refractivity (Wildman–Crippen MR) is 166 cm³/mol. The topological polar surface area (TPSA) is 153 Å². The van der Waals surface area contributed by atoms with Crippen molar-refractivity contribution in [2.45, 2.75) is 58.0 Å². The molecular formula is C33H39F2N5O7. The van der Waals surface area contributed by atoms with Crippen molar-refractivity contribution in [2.75, 3.05) is 32.8 Å². The van der Waals surface area contributed by atoms with Crippen LogP contribution in [-0.2, 0) is 29.4 Å². The van der Waals surface area contributed by atoms with Crippen LogP contribution in [0.4, 0.5) is 25.2 Å². The number of nitrogens with one attached hydrogen (secondary N) is 1. The van der Waals surface area contributed by atoms with Crippen molar-refractivity contribution in [1.82, 2.24) is 19.9 Å². The van der Waals surface area contributed by atoms with Crippen LogP contribution in [0.15, 0.2) is 48.8 Å². The Labute approximate surface area is 271 Å². The lowest BCUT2D eigenvalue weighted by Gasteiger charge is -2.37. The van der Waals surface area contributed by atoms with Gasteiger partial charge in [0.05, 0.1) is 23.7 Å². The molecule has 0 saturated heterocycles. The van der Waals surface area contributed by atoms with Gasteiger partial charge < -0.3 is 29.5 Å². The molecule has 1 saturated carbocycles. The Kier molecular flexibility index (Phi) is 11.8. The molecule has 1 atom stereocenters. The van der Waals surface area contributed by atoms with Gasteiger partial charge in [0.2, 0.25) is 12.7 Å². The summed E-state index contributed by atoms with van der Waals surface area (Å²) in [5.74, 6) is -0.585. The van der Waals surface area contributed by atoms with Gasteiger partial charge in [-0.05, 0) is 87.4 Å². The van der Waals surface area contributed by atoms with Gasteiger partial charge in [-0.1, -0.05) is 0 Å². The summed E-state index contributed by atoms with van der Waals surface area (Å²) in [5.41, 5.74) is 1.26. The van der Waals surface area contributed by atoms with E-state index in [0.717, 1.165) is 5.56 Å². The van der Waals surface area contributed by atoms with E-state index in [0.29, 0.717) is 48.5 Å². The number of anilines is 2. The largest absolute Gasteiger partial charge is 0.511 e. The van der Waals surface area contributed by atoms with E-state index in [4.69, 9.17) is 14.2 Å². The second kappa shape index (κ2) is 15.7. The van der Waals surface area contributed by atoms with Crippen molar-refractivity contribution in [1.29, 1.82) is 0 Å². The Hall–Kier alpha value is -4.72. The van der Waals surface area contributed by atoms with Crippen molar-refractivity contribution < 1.29 is 42.5 Å². The third kappa shape index (κ3) is 9.64. The first kappa shape index (κ1) is 35.1. The zero-order valence-electron chi connectivity index (χ0n) is 26.7. The van der Waals surface area contributed by atoms with Crippen molar-refractivity contribution in [3.8, 4) is 11.3 Å². The average Bonchev–Trinajstić information content (AvgIpc) is 3.04. The van der Waals surface area contributed by atoms with E-state index in [9.17, 15) is 28.3 Å². The minimum absolute atomic E-state index is 0.0137. The van der Waals surface area contributed by atoms with Crippen LogP contribution < -0.4 is 5.32 Å². The summed E-state index contributed by atoms with van der Waals surface area (Å²) in [6.07, 6.45) is 1.36. The number of alkyl halides is 2. The highest BCUT2D eigenvalue weighted by molar-refractivity contribution is 5.76. The number of hydrogen-bond acceptors (Lipinski definition) is 11. The lowest BCUT2D eigenvalue weighted by atomic mass is 9.73. The fourth-order valence-corrected chi connectivity index (χ4v) is 5.35. The molecule has 14 heteroatoms. The molecule has 1 aliphatic carbocycles. The second-order valence-corrected chi connectivity index (χ2v) is 11.8. The Morgan fingerprint density at radius 3 is 2.43 bits per heavy atom. The summed E-state index contributed by atoms with van der Waals surface area (Å²) in [4.78, 5) is 50.3. The minimum atomic E-state index is -2.61. The van der Waals surface area contributed by atoms with Gasteiger partial charge >= 0.3 is 12.1 Å². The molecular weight excluding hydrogens is 616 g/mol. The fourth-order valence-electron chi connectivity index (χ4n) is 5.35. The Morgan fingerprint density at radius 2 is 1.77 bits per heavy atom. The number of nitrogens with zero attached hydrogens (tertiary/aromatic N) is 4. The van der Waals surface area contributed by atoms with Crippen molar-refractivity contribution in [3.63, 3.8) is 0 Å². The normalized spacial score (nSPS) is 17.4. The first-order valence-corrected chi connectivity index (χ1v) is 15.2. The van der Waals surface area contributed by atoms with E-state index in [-0.39, 0.29) is 36.2 Å². The molecule has 0 unspecified atom stereocenters. The van der Waals surface area contributed by atoms with Gasteiger partial charge in [-0.25, -0.2) is 23.5 Å². The highest BCUT2D eigenvalue weighted by atomic mass is 19.3. The van der Waals surface area contributed by atoms with Crippen molar-refractivity contribution in [2.24, 2.45) is 11.8 Å². The maximum Gasteiger partial charge on any atom is 0.511 e. The van der Waals surface area contributed by atoms with Gasteiger partial charge in [-0.2, -0.15) is 0 Å². The Morgan fingerprint density at radius 1 is 1.02 bits per heavy atom. The zero-order chi connectivity index (χ0) is 34.1. The average molecular weight is 656 g/mol. The van der Waals surface area contributed by atoms with Gasteiger partial charge in [-0.3, -0.25) is 14.6 Å². The minimum Gasteiger partial charge on any atom is -0.434 e. The molecule has 12 nitrogen and oxygen atoms in total. The van der Waals surface area contributed by atoms with Crippen LogP contribution in [0.5, 0.6) is 0 Å². The molecule has 0 radical (unpaired) electrons. The summed E-state index contributed by atoms with van der Waals surface area (Å²) >= 11 is 0. The van der Waals surface area contributed by atoms with Gasteiger partial charge in [0, 0.05) is 37.6 Å². The summed E-state index contributed by atoms with van der Waals surface area (Å²) in [7, 11) is 3.18. The number of ether oxygens (including phenoxy) is 3. The number of pyridine rings is 3. The zero-order valence-corrected chi connectivity index (χ0v) is 26.7. The number of aliphatic hydroxyl groups is 1. The molecule has 1 fully saturated rings. The SMILES string of the molecule is Cc1cc(Nc2cc(C(F)F)ccn2)nc(-c2ccc([C@](C)(O)C3CCC(C(=O)OCOC(=O)OCCC(=O)N(C)C)CC3)nc2)c1. The van der Waals surface area contributed by atoms with E-state index in [1.54, 1.807) is 39.3 Å². The smallest absolute Gasteiger partial charge is 0.434 e. The monoisotopic (exact) mass is 655 g/mol. The number of amides is 1. The van der Waals surface area contributed by atoms with E-state index in [1.807, 2.05) is 19.1 Å². The summed E-state index contributed by atoms with van der Waals surface area (Å²) < 4.78 is 40.8. The molecule has 4 rings (SSSR count). The molecule has 252 valence electrons. The number of aryl methyl sites for hydroxylation is 1. The summed E-state index contributed by atoms with van der Waals surface area (Å²) in [5, 5.41) is 14.5. The van der Waals surface area contributed by atoms with E-state index >= 15 is 0 Å². The summed E-state index contributed by atoms with van der Waals surface area (Å²) in [6.45, 7) is 2.85. The number of halogens is 2. The fraction of sp³-hybridized carbons (Fsp3) is 0.455. The Bertz CT molecular complexity index is 1540. The molecule has 47 heavy (non-hydrogen) atoms. The van der Waals surface area contributed by atoms with Gasteiger partial charge in [0.25, 0.3) is 6.43 Å². The molecule has 1 amide bonds. The number of carbonyl (C=O) groups excluding carboxylic acids is 3. The Balaban J connectivity index is 1.28. The number of aromatic nitrogens is 3. The lowest BCUT2D eigenvalue weighted by molar-refractivity contribution is -0.160. The van der Waals surface area contributed by atoms with Gasteiger partial charge in [-0.15, -0.1) is 0 Å². The third-order valence-corrected chi connectivity index (χ3v) is 8.11. The highest BCUT2D eigenvalue weighted by Crippen LogP contribution is 2.41. The van der Waals surface area contributed by atoms with Crippen molar-refractivity contribution >= 4 is 29.7 Å². The number of hydrogen-bond donors (Lipinski definition) is 2. The van der Waals surface area contributed by atoms with E-state index in [2.05, 4.69) is 20.3 Å².